The molecule has 134 valence electrons. The Morgan fingerprint density at radius 2 is 1.92 bits per heavy atom. The van der Waals surface area contributed by atoms with Gasteiger partial charge in [-0.3, -0.25) is 0 Å². The molecule has 1 aliphatic heterocycles. The van der Waals surface area contributed by atoms with Gasteiger partial charge >= 0.3 is 0 Å². The molecule has 0 spiro atoms. The minimum absolute atomic E-state index is 0.288. The van der Waals surface area contributed by atoms with Gasteiger partial charge in [0.1, 0.15) is 0 Å². The molecule has 2 heterocycles. The zero-order valence-electron chi connectivity index (χ0n) is 13.9. The fraction of sp³-hybridized carbons (Fsp3) is 0.375. The van der Waals surface area contributed by atoms with Crippen molar-refractivity contribution in [3.05, 3.63) is 42.1 Å². The fourth-order valence-corrected chi connectivity index (χ4v) is 3.85. The van der Waals surface area contributed by atoms with Gasteiger partial charge in [0.05, 0.1) is 25.2 Å². The predicted octanol–water partition coefficient (Wildman–Crippen LogP) is 1.12. The predicted molar refractivity (Wildman–Crippen MR) is 91.9 cm³/mol. The molecule has 8 nitrogen and oxygen atoms in total. The van der Waals surface area contributed by atoms with Gasteiger partial charge in [-0.25, -0.2) is 13.4 Å². The van der Waals surface area contributed by atoms with E-state index in [1.807, 2.05) is 0 Å². The summed E-state index contributed by atoms with van der Waals surface area (Å²) in [6, 6.07) is 8.46. The van der Waals surface area contributed by atoms with Crippen molar-refractivity contribution in [1.29, 1.82) is 0 Å². The molecule has 1 saturated heterocycles. The molecule has 0 radical (unpaired) electrons. The van der Waals surface area contributed by atoms with Crippen LogP contribution in [0.2, 0.25) is 0 Å². The summed E-state index contributed by atoms with van der Waals surface area (Å²) in [6.45, 7) is 2.12. The number of aromatic nitrogens is 2. The summed E-state index contributed by atoms with van der Waals surface area (Å²) >= 11 is 0. The molecule has 0 aliphatic carbocycles. The molecule has 3 rings (SSSR count). The lowest BCUT2D eigenvalue weighted by Gasteiger charge is -2.26. The van der Waals surface area contributed by atoms with Gasteiger partial charge in [0.2, 0.25) is 21.9 Å². The number of anilines is 1. The Morgan fingerprint density at radius 3 is 2.60 bits per heavy atom. The summed E-state index contributed by atoms with van der Waals surface area (Å²) in [5.74, 6) is 0.925. The normalized spacial score (nSPS) is 15.7. The summed E-state index contributed by atoms with van der Waals surface area (Å²) in [5.41, 5.74) is 0.923. The maximum absolute atomic E-state index is 12.6. The monoisotopic (exact) mass is 364 g/mol. The number of rotatable bonds is 6. The van der Waals surface area contributed by atoms with Gasteiger partial charge in [0, 0.05) is 31.9 Å². The summed E-state index contributed by atoms with van der Waals surface area (Å²) in [7, 11) is -1.92. The number of hydrogen-bond acceptors (Lipinski definition) is 7. The molecule has 1 N–H and O–H groups in total. The minimum Gasteiger partial charge on any atom is -0.481 e. The maximum atomic E-state index is 12.6. The third-order valence-electron chi connectivity index (χ3n) is 3.82. The van der Waals surface area contributed by atoms with Crippen LogP contribution in [-0.4, -0.2) is 56.1 Å². The van der Waals surface area contributed by atoms with Crippen LogP contribution >= 0.6 is 0 Å². The number of nitrogens with one attached hydrogen (secondary N) is 1. The van der Waals surface area contributed by atoms with Gasteiger partial charge in [0.25, 0.3) is 0 Å². The Kier molecular flexibility index (Phi) is 5.47. The molecule has 0 saturated carbocycles. The molecule has 25 heavy (non-hydrogen) atoms. The number of morpholine rings is 1. The summed E-state index contributed by atoms with van der Waals surface area (Å²) in [6.07, 6.45) is 1.60. The summed E-state index contributed by atoms with van der Waals surface area (Å²) in [4.78, 5) is 8.56. The van der Waals surface area contributed by atoms with E-state index in [0.717, 1.165) is 5.56 Å². The summed E-state index contributed by atoms with van der Waals surface area (Å²) in [5, 5.41) is 3.08. The number of benzene rings is 1. The first kappa shape index (κ1) is 17.6. The quantitative estimate of drug-likeness (QED) is 0.821. The molecule has 0 unspecified atom stereocenters. The number of ether oxygens (including phenoxy) is 2. The van der Waals surface area contributed by atoms with E-state index in [0.29, 0.717) is 44.7 Å². The zero-order chi connectivity index (χ0) is 17.7. The SMILES string of the molecule is COc1ccnc(NCc2ccc(S(=O)(=O)N3CCOCC3)cc2)n1. The maximum Gasteiger partial charge on any atom is 0.243 e. The van der Waals surface area contributed by atoms with Gasteiger partial charge < -0.3 is 14.8 Å². The van der Waals surface area contributed by atoms with Gasteiger partial charge in [-0.15, -0.1) is 0 Å². The highest BCUT2D eigenvalue weighted by atomic mass is 32.2. The van der Waals surface area contributed by atoms with Crippen molar-refractivity contribution in [1.82, 2.24) is 14.3 Å². The van der Waals surface area contributed by atoms with Crippen LogP contribution in [-0.2, 0) is 21.3 Å². The Morgan fingerprint density at radius 1 is 1.20 bits per heavy atom. The molecule has 1 aromatic heterocycles. The largest absolute Gasteiger partial charge is 0.481 e. The third kappa shape index (κ3) is 4.25. The second kappa shape index (κ2) is 7.77. The Balaban J connectivity index is 1.65. The van der Waals surface area contributed by atoms with Crippen LogP contribution < -0.4 is 10.1 Å². The van der Waals surface area contributed by atoms with Crippen molar-refractivity contribution >= 4 is 16.0 Å². The number of hydrogen-bond donors (Lipinski definition) is 1. The van der Waals surface area contributed by atoms with E-state index in [1.165, 1.54) is 4.31 Å². The number of nitrogens with zero attached hydrogens (tertiary/aromatic N) is 3. The van der Waals surface area contributed by atoms with Crippen LogP contribution in [0.3, 0.4) is 0 Å². The smallest absolute Gasteiger partial charge is 0.243 e. The third-order valence-corrected chi connectivity index (χ3v) is 5.73. The Bertz CT molecular complexity index is 805. The van der Waals surface area contributed by atoms with Crippen LogP contribution in [0.4, 0.5) is 5.95 Å². The van der Waals surface area contributed by atoms with Gasteiger partial charge in [-0.1, -0.05) is 12.1 Å². The van der Waals surface area contributed by atoms with E-state index in [2.05, 4.69) is 15.3 Å². The van der Waals surface area contributed by atoms with Crippen LogP contribution in [0.25, 0.3) is 0 Å². The molecule has 0 amide bonds. The van der Waals surface area contributed by atoms with E-state index in [4.69, 9.17) is 9.47 Å². The highest BCUT2D eigenvalue weighted by Gasteiger charge is 2.25. The zero-order valence-corrected chi connectivity index (χ0v) is 14.7. The number of methoxy groups -OCH3 is 1. The van der Waals surface area contributed by atoms with E-state index >= 15 is 0 Å². The van der Waals surface area contributed by atoms with Crippen LogP contribution in [0.15, 0.2) is 41.4 Å². The first-order valence-electron chi connectivity index (χ1n) is 7.87. The average molecular weight is 364 g/mol. The van der Waals surface area contributed by atoms with Crippen molar-refractivity contribution in [3.8, 4) is 5.88 Å². The van der Waals surface area contributed by atoms with E-state index in [-0.39, 0.29) is 4.90 Å². The first-order chi connectivity index (χ1) is 12.1. The van der Waals surface area contributed by atoms with Crippen molar-refractivity contribution in [2.75, 3.05) is 38.7 Å². The lowest BCUT2D eigenvalue weighted by Crippen LogP contribution is -2.40. The minimum atomic E-state index is -3.46. The van der Waals surface area contributed by atoms with E-state index < -0.39 is 10.0 Å². The molecule has 9 heteroatoms. The van der Waals surface area contributed by atoms with Crippen LogP contribution in [0, 0.1) is 0 Å². The topological polar surface area (TPSA) is 93.6 Å². The van der Waals surface area contributed by atoms with Gasteiger partial charge in [-0.2, -0.15) is 9.29 Å². The lowest BCUT2D eigenvalue weighted by atomic mass is 10.2. The molecule has 1 aliphatic rings. The van der Waals surface area contributed by atoms with Crippen molar-refractivity contribution in [3.63, 3.8) is 0 Å². The Hall–Kier alpha value is -2.23. The molecule has 1 aromatic carbocycles. The molecular weight excluding hydrogens is 344 g/mol. The van der Waals surface area contributed by atoms with Crippen LogP contribution in [0.1, 0.15) is 5.56 Å². The molecule has 0 bridgehead atoms. The molecular formula is C16H20N4O4S. The molecule has 1 fully saturated rings. The highest BCUT2D eigenvalue weighted by molar-refractivity contribution is 7.89. The molecule has 2 aromatic rings. The van der Waals surface area contributed by atoms with E-state index in [1.54, 1.807) is 43.6 Å². The van der Waals surface area contributed by atoms with Crippen LogP contribution in [0.5, 0.6) is 5.88 Å². The average Bonchev–Trinajstić information content (AvgIpc) is 2.67. The van der Waals surface area contributed by atoms with Gasteiger partial charge in [-0.05, 0) is 17.7 Å². The Labute approximate surface area is 146 Å². The van der Waals surface area contributed by atoms with Crippen molar-refractivity contribution in [2.45, 2.75) is 11.4 Å². The van der Waals surface area contributed by atoms with E-state index in [9.17, 15) is 8.42 Å². The second-order valence-electron chi connectivity index (χ2n) is 5.44. The van der Waals surface area contributed by atoms with Gasteiger partial charge in [0.15, 0.2) is 0 Å². The van der Waals surface area contributed by atoms with Crippen molar-refractivity contribution in [2.24, 2.45) is 0 Å². The highest BCUT2D eigenvalue weighted by Crippen LogP contribution is 2.18. The lowest BCUT2D eigenvalue weighted by molar-refractivity contribution is 0.0730. The molecule has 0 atom stereocenters. The standard InChI is InChI=1S/C16H20N4O4S/c1-23-15-6-7-17-16(19-15)18-12-13-2-4-14(5-3-13)25(21,22)20-8-10-24-11-9-20/h2-7H,8-12H2,1H3,(H,17,18,19). The fourth-order valence-electron chi connectivity index (χ4n) is 2.44. The second-order valence-corrected chi connectivity index (χ2v) is 7.37. The number of sulfonamides is 1. The summed E-state index contributed by atoms with van der Waals surface area (Å²) < 4.78 is 36.8. The van der Waals surface area contributed by atoms with Crippen molar-refractivity contribution < 1.29 is 17.9 Å². The first-order valence-corrected chi connectivity index (χ1v) is 9.31.